The number of amides is 3. The van der Waals surface area contributed by atoms with Crippen LogP contribution in [0.25, 0.3) is 17.1 Å². The van der Waals surface area contributed by atoms with Gasteiger partial charge in [0.2, 0.25) is 0 Å². The number of pyridine rings is 3. The highest BCUT2D eigenvalue weighted by atomic mass is 35.5. The lowest BCUT2D eigenvalue weighted by atomic mass is 9.87. The number of nitrogens with zero attached hydrogens (tertiary/aromatic N) is 9. The first-order chi connectivity index (χ1) is 46.0. The van der Waals surface area contributed by atoms with Crippen molar-refractivity contribution in [1.29, 1.82) is 0 Å². The van der Waals surface area contributed by atoms with Crippen molar-refractivity contribution in [3.63, 3.8) is 0 Å². The Bertz CT molecular complexity index is 3940. The molecule has 4 unspecified atom stereocenters. The van der Waals surface area contributed by atoms with Crippen molar-refractivity contribution in [2.45, 2.75) is 120 Å². The number of halogens is 3. The summed E-state index contributed by atoms with van der Waals surface area (Å²) in [6.07, 6.45) is 16.3. The average molecular weight is 1400 g/mol. The minimum atomic E-state index is -0.762. The van der Waals surface area contributed by atoms with Crippen LogP contribution in [0.3, 0.4) is 0 Å². The normalized spacial score (nSPS) is 17.7. The van der Waals surface area contributed by atoms with Crippen molar-refractivity contribution in [1.82, 2.24) is 60.2 Å². The molecule has 3 aromatic carbocycles. The number of hydrogen-bond acceptors (Lipinski definition) is 15. The predicted molar refractivity (Wildman–Crippen MR) is 380 cm³/mol. The van der Waals surface area contributed by atoms with E-state index in [0.717, 1.165) is 67.1 Å². The zero-order valence-electron chi connectivity index (χ0n) is 53.5. The first-order valence-electron chi connectivity index (χ1n) is 31.3. The predicted octanol–water partition coefficient (Wildman–Crippen LogP) is 12.7. The molecule has 3 fully saturated rings. The van der Waals surface area contributed by atoms with Gasteiger partial charge in [-0.25, -0.2) is 14.0 Å². The van der Waals surface area contributed by atoms with Gasteiger partial charge in [-0.2, -0.15) is 15.3 Å². The van der Waals surface area contributed by atoms with Crippen LogP contribution in [0.5, 0.6) is 0 Å². The van der Waals surface area contributed by atoms with Gasteiger partial charge in [0.25, 0.3) is 17.7 Å². The number of carbonyl (C=O) groups is 9. The molecule has 0 bridgehead atoms. The van der Waals surface area contributed by atoms with E-state index >= 15 is 0 Å². The minimum Gasteiger partial charge on any atom is -0.351 e. The second-order valence-corrected chi connectivity index (χ2v) is 25.5. The Morgan fingerprint density at radius 2 is 0.646 bits per heavy atom. The van der Waals surface area contributed by atoms with Gasteiger partial charge >= 0.3 is 0 Å². The standard InChI is InChI=1S/3C24H23ClN4O3.3CH4/c3*1-14-9-18(29-13-17(25)12-28-29)10-15(2)21(14)22-20(30)11-16(23(22)31)6-8-27-24(32)19-5-3-4-7-26-19;;;/h3*3-5,7,9-10,12-13,16,22H,6,8,11H2,1-2H3,(H,27,32);3*1H4/t2*16-,22?;;;;/m10..../s1. The quantitative estimate of drug-likeness (QED) is 0.0673. The third-order valence-corrected chi connectivity index (χ3v) is 18.0. The Hall–Kier alpha value is -9.96. The maximum Gasteiger partial charge on any atom is 0.269 e. The van der Waals surface area contributed by atoms with Crippen molar-refractivity contribution in [3.05, 3.63) is 229 Å². The summed E-state index contributed by atoms with van der Waals surface area (Å²) in [7, 11) is 0. The number of rotatable bonds is 18. The van der Waals surface area contributed by atoms with Crippen molar-refractivity contribution in [3.8, 4) is 17.1 Å². The number of ketones is 6. The molecule has 0 spiro atoms. The van der Waals surface area contributed by atoms with E-state index in [9.17, 15) is 43.2 Å². The van der Waals surface area contributed by atoms with Crippen LogP contribution in [0, 0.1) is 59.3 Å². The lowest BCUT2D eigenvalue weighted by Gasteiger charge is -2.17. The third kappa shape index (κ3) is 17.9. The Morgan fingerprint density at radius 1 is 0.404 bits per heavy atom. The number of aromatic nitrogens is 9. The van der Waals surface area contributed by atoms with Crippen LogP contribution in [0.4, 0.5) is 0 Å². The molecule has 6 atom stereocenters. The molecule has 3 amide bonds. The van der Waals surface area contributed by atoms with Crippen molar-refractivity contribution < 1.29 is 43.2 Å². The highest BCUT2D eigenvalue weighted by Crippen LogP contribution is 2.41. The molecule has 21 nitrogen and oxygen atoms in total. The van der Waals surface area contributed by atoms with E-state index in [-0.39, 0.29) is 94.0 Å². The van der Waals surface area contributed by atoms with Gasteiger partial charge in [0, 0.05) is 93.8 Å². The summed E-state index contributed by atoms with van der Waals surface area (Å²) in [5.41, 5.74) is 10.9. The topological polar surface area (TPSA) is 282 Å². The van der Waals surface area contributed by atoms with Crippen LogP contribution in [0.15, 0.2) is 147 Å². The van der Waals surface area contributed by atoms with Crippen molar-refractivity contribution in [2.75, 3.05) is 19.6 Å². The van der Waals surface area contributed by atoms with Gasteiger partial charge in [-0.3, -0.25) is 58.1 Å². The number of carbonyl (C=O) groups excluding carboxylic acids is 9. The van der Waals surface area contributed by atoms with Crippen molar-refractivity contribution >= 4 is 87.2 Å². The average Bonchev–Trinajstić information content (AvgIpc) is 1.74. The van der Waals surface area contributed by atoms with Crippen LogP contribution in [0.1, 0.15) is 160 Å². The molecule has 516 valence electrons. The van der Waals surface area contributed by atoms with E-state index in [0.29, 0.717) is 71.0 Å². The molecule has 6 heterocycles. The molecule has 0 aliphatic heterocycles. The number of Topliss-reactive ketones (excluding diaryl/α,β-unsaturated/α-hetero) is 6. The Kier molecular flexibility index (Phi) is 26.2. The lowest BCUT2D eigenvalue weighted by Crippen LogP contribution is -2.27. The molecule has 3 saturated carbocycles. The van der Waals surface area contributed by atoms with Gasteiger partial charge in [-0.15, -0.1) is 0 Å². The summed E-state index contributed by atoms with van der Waals surface area (Å²) in [6.45, 7) is 12.3. The fourth-order valence-corrected chi connectivity index (χ4v) is 13.4. The highest BCUT2D eigenvalue weighted by Gasteiger charge is 2.45. The molecular weight excluding hydrogens is 1320 g/mol. The second kappa shape index (κ2) is 34.0. The number of hydrogen-bond donors (Lipinski definition) is 3. The zero-order chi connectivity index (χ0) is 68.5. The summed E-state index contributed by atoms with van der Waals surface area (Å²) < 4.78 is 4.99. The van der Waals surface area contributed by atoms with E-state index in [1.54, 1.807) is 124 Å². The monoisotopic (exact) mass is 1400 g/mol. The van der Waals surface area contributed by atoms with E-state index in [4.69, 9.17) is 34.8 Å². The Balaban J connectivity index is 0.000000206. The molecule has 0 saturated heterocycles. The van der Waals surface area contributed by atoms with E-state index in [2.05, 4.69) is 46.2 Å². The van der Waals surface area contributed by atoms with Gasteiger partial charge in [0.05, 0.1) is 50.7 Å². The molecule has 3 aliphatic rings. The summed E-state index contributed by atoms with van der Waals surface area (Å²) in [5.74, 6) is -4.83. The molecule has 99 heavy (non-hydrogen) atoms. The van der Waals surface area contributed by atoms with Crippen LogP contribution >= 0.6 is 34.8 Å². The molecule has 0 radical (unpaired) electrons. The molecule has 24 heteroatoms. The maximum atomic E-state index is 13.1. The van der Waals surface area contributed by atoms with Crippen molar-refractivity contribution in [2.24, 2.45) is 17.8 Å². The first-order valence-corrected chi connectivity index (χ1v) is 32.4. The van der Waals surface area contributed by atoms with Gasteiger partial charge < -0.3 is 16.0 Å². The highest BCUT2D eigenvalue weighted by molar-refractivity contribution is 6.31. The second-order valence-electron chi connectivity index (χ2n) is 24.2. The zero-order valence-corrected chi connectivity index (χ0v) is 55.8. The molecular formula is C75H81Cl3N12O9. The lowest BCUT2D eigenvalue weighted by molar-refractivity contribution is -0.126. The first kappa shape index (κ1) is 76.4. The summed E-state index contributed by atoms with van der Waals surface area (Å²) >= 11 is 17.9. The fourth-order valence-electron chi connectivity index (χ4n) is 13.0. The summed E-state index contributed by atoms with van der Waals surface area (Å²) in [4.78, 5) is 126. The molecule has 3 N–H and O–H groups in total. The van der Waals surface area contributed by atoms with E-state index in [1.807, 2.05) is 77.9 Å². The third-order valence-electron chi connectivity index (χ3n) is 17.4. The Morgan fingerprint density at radius 3 is 0.848 bits per heavy atom. The number of nitrogens with one attached hydrogen (secondary N) is 3. The van der Waals surface area contributed by atoms with Crippen LogP contribution < -0.4 is 16.0 Å². The summed E-state index contributed by atoms with van der Waals surface area (Å²) in [6, 6.07) is 26.8. The summed E-state index contributed by atoms with van der Waals surface area (Å²) in [5, 5.41) is 22.6. The van der Waals surface area contributed by atoms with Gasteiger partial charge in [-0.1, -0.05) is 75.3 Å². The molecule has 9 aromatic rings. The van der Waals surface area contributed by atoms with Crippen LogP contribution in [-0.2, 0) is 28.8 Å². The van der Waals surface area contributed by atoms with Gasteiger partial charge in [-0.05, 0) is 184 Å². The Labute approximate surface area is 590 Å². The van der Waals surface area contributed by atoms with Gasteiger partial charge in [0.15, 0.2) is 17.3 Å². The van der Waals surface area contributed by atoms with Crippen LogP contribution in [-0.4, -0.2) is 116 Å². The SMILES string of the molecule is C.C.C.Cc1cc(-n2cc(Cl)cn2)cc(C)c1C1C(=O)CC(CCNC(=O)c2ccccn2)C1=O.Cc1cc(-n2cc(Cl)cn2)cc(C)c1C1C(=O)C[C@@H](CCNC(=O)c2ccccn2)C1=O.Cc1cc(-n2cc(Cl)cn2)cc(C)c1C1C(=O)C[C@H](CCNC(=O)c2ccccn2)C1=O. The minimum absolute atomic E-state index is 0. The molecule has 12 rings (SSSR count). The number of benzene rings is 3. The van der Waals surface area contributed by atoms with Crippen LogP contribution in [0.2, 0.25) is 15.1 Å². The number of aryl methyl sites for hydroxylation is 6. The van der Waals surface area contributed by atoms with E-state index < -0.39 is 35.5 Å². The maximum absolute atomic E-state index is 13.1. The molecule has 3 aliphatic carbocycles. The smallest absolute Gasteiger partial charge is 0.269 e. The molecule has 6 aromatic heterocycles. The fraction of sp³-hybridized carbons (Fsp3) is 0.320. The van der Waals surface area contributed by atoms with Gasteiger partial charge in [0.1, 0.15) is 52.2 Å². The largest absolute Gasteiger partial charge is 0.351 e. The van der Waals surface area contributed by atoms with E-state index in [1.165, 1.54) is 0 Å².